The summed E-state index contributed by atoms with van der Waals surface area (Å²) in [4.78, 5) is 0. The van der Waals surface area contributed by atoms with Crippen LogP contribution >= 0.6 is 0 Å². The number of rotatable bonds is 2. The smallest absolute Gasteiger partial charge is 0.128 e. The quantitative estimate of drug-likeness (QED) is 0.682. The average molecular weight is 381 g/mol. The van der Waals surface area contributed by atoms with E-state index in [9.17, 15) is 0 Å². The number of hydrogen-bond acceptors (Lipinski definition) is 3. The second-order valence-corrected chi connectivity index (χ2v) is 8.08. The van der Waals surface area contributed by atoms with E-state index in [-0.39, 0.29) is 6.10 Å². The zero-order valence-corrected chi connectivity index (χ0v) is 16.3. The van der Waals surface area contributed by atoms with E-state index >= 15 is 0 Å². The molecule has 144 valence electrons. The van der Waals surface area contributed by atoms with Crippen LogP contribution in [0.1, 0.15) is 39.5 Å². The molecule has 3 nitrogen and oxygen atoms in total. The summed E-state index contributed by atoms with van der Waals surface area (Å²) in [6.45, 7) is 2.65. The van der Waals surface area contributed by atoms with Crippen LogP contribution in [0.15, 0.2) is 60.7 Å². The molecule has 0 amide bonds. The minimum absolute atomic E-state index is 0.109. The van der Waals surface area contributed by atoms with Crippen LogP contribution in [0.3, 0.4) is 0 Å². The van der Waals surface area contributed by atoms with Crippen LogP contribution in [0.25, 0.3) is 11.6 Å². The Hall–Kier alpha value is -3.04. The van der Waals surface area contributed by atoms with Crippen LogP contribution in [-0.2, 0) is 19.4 Å². The predicted molar refractivity (Wildman–Crippen MR) is 115 cm³/mol. The van der Waals surface area contributed by atoms with Gasteiger partial charge in [-0.15, -0.1) is 0 Å². The first-order chi connectivity index (χ1) is 14.3. The first-order valence-electron chi connectivity index (χ1n) is 10.4. The monoisotopic (exact) mass is 381 g/mol. The van der Waals surface area contributed by atoms with Gasteiger partial charge in [0.15, 0.2) is 0 Å². The maximum absolute atomic E-state index is 6.32. The van der Waals surface area contributed by atoms with Gasteiger partial charge in [-0.05, 0) is 70.6 Å². The van der Waals surface area contributed by atoms with Crippen LogP contribution in [0, 0.1) is 0 Å². The summed E-state index contributed by atoms with van der Waals surface area (Å²) in [5.41, 5.74) is 9.04. The van der Waals surface area contributed by atoms with Crippen molar-refractivity contribution in [1.82, 2.24) is 5.32 Å². The molecule has 6 rings (SSSR count). The Labute approximate surface area is 171 Å². The fourth-order valence-corrected chi connectivity index (χ4v) is 4.61. The minimum Gasteiger partial charge on any atom is -0.488 e. The zero-order valence-electron chi connectivity index (χ0n) is 16.3. The number of para-hydroxylation sites is 1. The van der Waals surface area contributed by atoms with Crippen molar-refractivity contribution in [2.75, 3.05) is 13.2 Å². The minimum atomic E-state index is 0.109. The van der Waals surface area contributed by atoms with Crippen LogP contribution in [-0.4, -0.2) is 13.2 Å². The molecule has 3 heteroatoms. The molecule has 0 aliphatic carbocycles. The van der Waals surface area contributed by atoms with Crippen molar-refractivity contribution in [3.8, 4) is 11.5 Å². The molecule has 1 N–H and O–H groups in total. The molecule has 3 aliphatic rings. The highest BCUT2D eigenvalue weighted by Gasteiger charge is 2.26. The van der Waals surface area contributed by atoms with Gasteiger partial charge in [-0.2, -0.15) is 0 Å². The standard InChI is InChI=1S/C26H23NO2/c1-2-4-24-19(3-1)13-23(16-28-24)17-7-8-25-22(12-17)14-26(29-25)20-5-6-21-15-27-10-9-18(21)11-20/h1-8,11-13,26-27H,9-10,14-16H2. The third kappa shape index (κ3) is 3.02. The molecule has 3 aliphatic heterocycles. The van der Waals surface area contributed by atoms with Crippen molar-refractivity contribution in [3.63, 3.8) is 0 Å². The van der Waals surface area contributed by atoms with Gasteiger partial charge in [0.1, 0.15) is 24.2 Å². The normalized spacial score (nSPS) is 19.3. The van der Waals surface area contributed by atoms with Crippen LogP contribution in [0.4, 0.5) is 0 Å². The molecule has 29 heavy (non-hydrogen) atoms. The summed E-state index contributed by atoms with van der Waals surface area (Å²) < 4.78 is 12.3. The highest BCUT2D eigenvalue weighted by atomic mass is 16.5. The van der Waals surface area contributed by atoms with Gasteiger partial charge in [0, 0.05) is 18.5 Å². The van der Waals surface area contributed by atoms with E-state index in [4.69, 9.17) is 9.47 Å². The third-order valence-electron chi connectivity index (χ3n) is 6.23. The molecule has 3 aromatic rings. The molecule has 3 aromatic carbocycles. The molecule has 1 atom stereocenters. The average Bonchev–Trinajstić information content (AvgIpc) is 3.22. The molecule has 0 bridgehead atoms. The van der Waals surface area contributed by atoms with Gasteiger partial charge < -0.3 is 14.8 Å². The SMILES string of the molecule is C1=C(c2ccc3c(c2)CC(c2ccc4c(c2)CCNC4)O3)COc2ccccc21. The molecule has 0 spiro atoms. The summed E-state index contributed by atoms with van der Waals surface area (Å²) in [6.07, 6.45) is 4.37. The number of nitrogens with one attached hydrogen (secondary N) is 1. The number of ether oxygens (including phenoxy) is 2. The van der Waals surface area contributed by atoms with Gasteiger partial charge in [0.2, 0.25) is 0 Å². The fraction of sp³-hybridized carbons (Fsp3) is 0.231. The number of fused-ring (bicyclic) bond motifs is 3. The maximum Gasteiger partial charge on any atom is 0.128 e. The lowest BCUT2D eigenvalue weighted by molar-refractivity contribution is 0.238. The van der Waals surface area contributed by atoms with Crippen molar-refractivity contribution < 1.29 is 9.47 Å². The molecule has 0 saturated carbocycles. The van der Waals surface area contributed by atoms with Gasteiger partial charge in [0.25, 0.3) is 0 Å². The lowest BCUT2D eigenvalue weighted by atomic mass is 9.94. The lowest BCUT2D eigenvalue weighted by Crippen LogP contribution is -2.23. The summed E-state index contributed by atoms with van der Waals surface area (Å²) in [5, 5.41) is 3.44. The van der Waals surface area contributed by atoms with E-state index in [0.29, 0.717) is 6.61 Å². The third-order valence-corrected chi connectivity index (χ3v) is 6.23. The predicted octanol–water partition coefficient (Wildman–Crippen LogP) is 4.94. The first kappa shape index (κ1) is 16.9. The van der Waals surface area contributed by atoms with Crippen molar-refractivity contribution in [3.05, 3.63) is 94.0 Å². The van der Waals surface area contributed by atoms with Gasteiger partial charge in [-0.3, -0.25) is 0 Å². The Morgan fingerprint density at radius 1 is 0.862 bits per heavy atom. The largest absolute Gasteiger partial charge is 0.488 e. The molecular weight excluding hydrogens is 358 g/mol. The van der Waals surface area contributed by atoms with E-state index in [2.05, 4.69) is 59.9 Å². The molecule has 0 aromatic heterocycles. The van der Waals surface area contributed by atoms with E-state index < -0.39 is 0 Å². The van der Waals surface area contributed by atoms with Gasteiger partial charge in [-0.25, -0.2) is 0 Å². The van der Waals surface area contributed by atoms with Crippen LogP contribution in [0.2, 0.25) is 0 Å². The van der Waals surface area contributed by atoms with E-state index in [1.165, 1.54) is 33.4 Å². The van der Waals surface area contributed by atoms with E-state index in [1.54, 1.807) is 0 Å². The van der Waals surface area contributed by atoms with Crippen molar-refractivity contribution >= 4 is 11.6 Å². The summed E-state index contributed by atoms with van der Waals surface area (Å²) in [6, 6.07) is 21.6. The molecule has 0 fully saturated rings. The van der Waals surface area contributed by atoms with E-state index in [1.807, 2.05) is 12.1 Å². The zero-order chi connectivity index (χ0) is 19.2. The Balaban J connectivity index is 1.27. The fourth-order valence-electron chi connectivity index (χ4n) is 4.61. The van der Waals surface area contributed by atoms with Gasteiger partial charge in [0.05, 0.1) is 0 Å². The summed E-state index contributed by atoms with van der Waals surface area (Å²) in [7, 11) is 0. The molecule has 1 unspecified atom stereocenters. The second-order valence-electron chi connectivity index (χ2n) is 8.08. The van der Waals surface area contributed by atoms with E-state index in [0.717, 1.165) is 43.0 Å². The highest BCUT2D eigenvalue weighted by molar-refractivity contribution is 5.86. The second kappa shape index (κ2) is 6.78. The number of benzene rings is 3. The molecular formula is C26H23NO2. The molecule has 0 saturated heterocycles. The van der Waals surface area contributed by atoms with Crippen molar-refractivity contribution in [1.29, 1.82) is 0 Å². The van der Waals surface area contributed by atoms with Crippen molar-refractivity contribution in [2.45, 2.75) is 25.5 Å². The first-order valence-corrected chi connectivity index (χ1v) is 10.4. The molecule has 0 radical (unpaired) electrons. The number of hydrogen-bond donors (Lipinski definition) is 1. The van der Waals surface area contributed by atoms with Crippen molar-refractivity contribution in [2.24, 2.45) is 0 Å². The lowest BCUT2D eigenvalue weighted by Gasteiger charge is -2.19. The van der Waals surface area contributed by atoms with Gasteiger partial charge >= 0.3 is 0 Å². The summed E-state index contributed by atoms with van der Waals surface area (Å²) in [5.74, 6) is 1.97. The Bertz CT molecular complexity index is 1130. The maximum atomic E-state index is 6.32. The van der Waals surface area contributed by atoms with Gasteiger partial charge in [-0.1, -0.05) is 42.5 Å². The molecule has 3 heterocycles. The van der Waals surface area contributed by atoms with Crippen LogP contribution < -0.4 is 14.8 Å². The topological polar surface area (TPSA) is 30.5 Å². The Morgan fingerprint density at radius 2 is 1.83 bits per heavy atom. The summed E-state index contributed by atoms with van der Waals surface area (Å²) >= 11 is 0. The van der Waals surface area contributed by atoms with Crippen LogP contribution in [0.5, 0.6) is 11.5 Å². The highest BCUT2D eigenvalue weighted by Crippen LogP contribution is 2.39. The Kier molecular flexibility index (Phi) is 3.95. The Morgan fingerprint density at radius 3 is 2.83 bits per heavy atom.